The number of aromatic nitrogens is 2. The lowest BCUT2D eigenvalue weighted by atomic mass is 9.85. The minimum Gasteiger partial charge on any atom is -0.507 e. The molecule has 8 nitrogen and oxygen atoms in total. The first-order valence-corrected chi connectivity index (χ1v) is 7.89. The van der Waals surface area contributed by atoms with E-state index < -0.39 is 17.3 Å². The van der Waals surface area contributed by atoms with E-state index in [1.807, 2.05) is 0 Å². The fourth-order valence-corrected chi connectivity index (χ4v) is 2.96. The molecule has 0 saturated carbocycles. The molecular formula is C19H12N2O6. The van der Waals surface area contributed by atoms with Crippen LogP contribution < -0.4 is 4.74 Å². The molecule has 1 aromatic carbocycles. The van der Waals surface area contributed by atoms with Gasteiger partial charge in [-0.1, -0.05) is 0 Å². The first-order valence-electron chi connectivity index (χ1n) is 7.89. The molecule has 1 aliphatic rings. The predicted octanol–water partition coefficient (Wildman–Crippen LogP) is 2.43. The van der Waals surface area contributed by atoms with Gasteiger partial charge in [0.15, 0.2) is 17.3 Å². The molecule has 0 amide bonds. The molecule has 3 aromatic rings. The van der Waals surface area contributed by atoms with Crippen molar-refractivity contribution < 1.29 is 28.6 Å². The number of phenols is 1. The van der Waals surface area contributed by atoms with E-state index in [4.69, 9.17) is 9.15 Å². The summed E-state index contributed by atoms with van der Waals surface area (Å²) < 4.78 is 10.1. The average Bonchev–Trinajstić information content (AvgIpc) is 3.12. The van der Waals surface area contributed by atoms with Crippen LogP contribution in [0.2, 0.25) is 0 Å². The lowest BCUT2D eigenvalue weighted by Crippen LogP contribution is -2.19. The van der Waals surface area contributed by atoms with Gasteiger partial charge in [0.05, 0.1) is 18.2 Å². The molecule has 4 rings (SSSR count). The van der Waals surface area contributed by atoms with Gasteiger partial charge in [-0.3, -0.25) is 14.4 Å². The maximum absolute atomic E-state index is 12.9. The first kappa shape index (κ1) is 16.6. The molecule has 0 atom stereocenters. The molecule has 134 valence electrons. The van der Waals surface area contributed by atoms with Crippen LogP contribution in [0.4, 0.5) is 0 Å². The van der Waals surface area contributed by atoms with E-state index >= 15 is 0 Å². The Hall–Kier alpha value is -3.81. The van der Waals surface area contributed by atoms with E-state index in [2.05, 4.69) is 9.97 Å². The summed E-state index contributed by atoms with van der Waals surface area (Å²) in [4.78, 5) is 45.0. The molecule has 0 spiro atoms. The van der Waals surface area contributed by atoms with Crippen LogP contribution in [0, 0.1) is 0 Å². The van der Waals surface area contributed by atoms with Crippen LogP contribution >= 0.6 is 0 Å². The average molecular weight is 364 g/mol. The summed E-state index contributed by atoms with van der Waals surface area (Å²) in [6.45, 7) is 1.27. The third kappa shape index (κ3) is 2.42. The molecule has 0 unspecified atom stereocenters. The van der Waals surface area contributed by atoms with Crippen LogP contribution in [0.15, 0.2) is 35.0 Å². The van der Waals surface area contributed by atoms with Gasteiger partial charge in [0.2, 0.25) is 11.6 Å². The van der Waals surface area contributed by atoms with Crippen molar-refractivity contribution in [2.45, 2.75) is 6.92 Å². The Bertz CT molecular complexity index is 1130. The van der Waals surface area contributed by atoms with Crippen molar-refractivity contribution in [1.29, 1.82) is 0 Å². The number of Topliss-reactive ketones (excluding diaryl/α,β-unsaturated/α-hetero) is 1. The topological polar surface area (TPSA) is 120 Å². The molecule has 27 heavy (non-hydrogen) atoms. The maximum atomic E-state index is 12.9. The summed E-state index contributed by atoms with van der Waals surface area (Å²) in [5.41, 5.74) is 0.551. The van der Waals surface area contributed by atoms with E-state index in [0.29, 0.717) is 5.56 Å². The van der Waals surface area contributed by atoms with Gasteiger partial charge in [-0.2, -0.15) is 0 Å². The monoisotopic (exact) mass is 364 g/mol. The molecule has 0 bridgehead atoms. The lowest BCUT2D eigenvalue weighted by Gasteiger charge is -2.16. The number of nitrogens with zero attached hydrogens (tertiary/aromatic N) is 2. The van der Waals surface area contributed by atoms with Crippen LogP contribution in [0.1, 0.15) is 49.5 Å². The van der Waals surface area contributed by atoms with Gasteiger partial charge in [0.1, 0.15) is 5.75 Å². The van der Waals surface area contributed by atoms with Crippen LogP contribution in [0.3, 0.4) is 0 Å². The Morgan fingerprint density at radius 2 is 1.74 bits per heavy atom. The van der Waals surface area contributed by atoms with Gasteiger partial charge in [-0.15, -0.1) is 0 Å². The highest BCUT2D eigenvalue weighted by molar-refractivity contribution is 6.29. The predicted molar refractivity (Wildman–Crippen MR) is 91.3 cm³/mol. The number of ketones is 3. The zero-order valence-electron chi connectivity index (χ0n) is 14.3. The van der Waals surface area contributed by atoms with Crippen molar-refractivity contribution in [3.63, 3.8) is 0 Å². The van der Waals surface area contributed by atoms with Crippen molar-refractivity contribution in [2.75, 3.05) is 7.11 Å². The number of furan rings is 1. The minimum atomic E-state index is -0.593. The number of phenolic OH excluding ortho intramolecular Hbond substituents is 1. The van der Waals surface area contributed by atoms with Gasteiger partial charge in [-0.25, -0.2) is 9.97 Å². The molecule has 0 saturated heterocycles. The van der Waals surface area contributed by atoms with Crippen molar-refractivity contribution in [3.05, 3.63) is 58.8 Å². The molecule has 8 heteroatoms. The van der Waals surface area contributed by atoms with Crippen LogP contribution in [0.5, 0.6) is 11.8 Å². The zero-order valence-corrected chi connectivity index (χ0v) is 14.3. The minimum absolute atomic E-state index is 0.00707. The van der Waals surface area contributed by atoms with E-state index in [1.54, 1.807) is 0 Å². The van der Waals surface area contributed by atoms with Gasteiger partial charge >= 0.3 is 6.01 Å². The summed E-state index contributed by atoms with van der Waals surface area (Å²) in [5, 5.41) is 10.7. The molecule has 1 N–H and O–H groups in total. The highest BCUT2D eigenvalue weighted by atomic mass is 16.5. The number of hydrogen-bond acceptors (Lipinski definition) is 8. The van der Waals surface area contributed by atoms with Gasteiger partial charge in [0.25, 0.3) is 0 Å². The second-order valence-electron chi connectivity index (χ2n) is 5.91. The summed E-state index contributed by atoms with van der Waals surface area (Å²) >= 11 is 0. The fourth-order valence-electron chi connectivity index (χ4n) is 2.96. The molecule has 2 aromatic heterocycles. The number of carbonyl (C=O) groups excluding carboxylic acids is 3. The number of methoxy groups -OCH3 is 1. The van der Waals surface area contributed by atoms with Crippen LogP contribution in [0.25, 0.3) is 11.1 Å². The molecular weight excluding hydrogens is 352 g/mol. The Morgan fingerprint density at radius 3 is 2.37 bits per heavy atom. The van der Waals surface area contributed by atoms with E-state index in [9.17, 15) is 19.5 Å². The number of ether oxygens (including phenoxy) is 1. The second kappa shape index (κ2) is 5.87. The van der Waals surface area contributed by atoms with Crippen molar-refractivity contribution >= 4 is 17.3 Å². The third-order valence-electron chi connectivity index (χ3n) is 4.30. The SMILES string of the molecule is COc1ncc(-c2ccc3c(c2O)C(=O)c2cc(C(C)=O)oc2C3=O)cn1. The maximum Gasteiger partial charge on any atom is 0.316 e. The number of carbonyl (C=O) groups is 3. The Morgan fingerprint density at radius 1 is 1.07 bits per heavy atom. The highest BCUT2D eigenvalue weighted by Crippen LogP contribution is 2.39. The quantitative estimate of drug-likeness (QED) is 0.550. The zero-order chi connectivity index (χ0) is 19.3. The third-order valence-corrected chi connectivity index (χ3v) is 4.30. The van der Waals surface area contributed by atoms with Gasteiger partial charge in [-0.05, 0) is 18.2 Å². The molecule has 0 radical (unpaired) electrons. The number of aromatic hydroxyl groups is 1. The number of benzene rings is 1. The lowest BCUT2D eigenvalue weighted by molar-refractivity contribution is 0.0945. The largest absolute Gasteiger partial charge is 0.507 e. The summed E-state index contributed by atoms with van der Waals surface area (Å²) in [6, 6.07) is 4.30. The Balaban J connectivity index is 1.88. The normalized spacial score (nSPS) is 12.5. The molecule has 2 heterocycles. The van der Waals surface area contributed by atoms with E-state index in [-0.39, 0.29) is 45.5 Å². The molecule has 0 fully saturated rings. The van der Waals surface area contributed by atoms with E-state index in [1.165, 1.54) is 44.6 Å². The highest BCUT2D eigenvalue weighted by Gasteiger charge is 2.37. The fraction of sp³-hybridized carbons (Fsp3) is 0.105. The summed E-state index contributed by atoms with van der Waals surface area (Å²) in [7, 11) is 1.42. The number of fused-ring (bicyclic) bond motifs is 2. The summed E-state index contributed by atoms with van der Waals surface area (Å²) in [5.74, 6) is -2.22. The summed E-state index contributed by atoms with van der Waals surface area (Å²) in [6.07, 6.45) is 2.86. The van der Waals surface area contributed by atoms with Crippen molar-refractivity contribution in [2.24, 2.45) is 0 Å². The van der Waals surface area contributed by atoms with Gasteiger partial charge in [0, 0.05) is 36.0 Å². The van der Waals surface area contributed by atoms with Gasteiger partial charge < -0.3 is 14.3 Å². The molecule has 0 aliphatic heterocycles. The Kier molecular flexibility index (Phi) is 3.62. The second-order valence-corrected chi connectivity index (χ2v) is 5.91. The van der Waals surface area contributed by atoms with E-state index in [0.717, 1.165) is 0 Å². The van der Waals surface area contributed by atoms with Crippen molar-refractivity contribution in [1.82, 2.24) is 9.97 Å². The standard InChI is InChI=1S/C19H12N2O6/c1-8(22)13-5-12-16(24)14-11(17(25)18(12)27-13)4-3-10(15(14)23)9-6-20-19(26-2)21-7-9/h3-7,23H,1-2H3. The van der Waals surface area contributed by atoms with Crippen LogP contribution in [-0.2, 0) is 0 Å². The molecule has 1 aliphatic carbocycles. The first-order chi connectivity index (χ1) is 12.9. The Labute approximate surface area is 152 Å². The van der Waals surface area contributed by atoms with Crippen molar-refractivity contribution in [3.8, 4) is 22.9 Å². The number of hydrogen-bond donors (Lipinski definition) is 1. The van der Waals surface area contributed by atoms with Crippen LogP contribution in [-0.4, -0.2) is 39.5 Å². The smallest absolute Gasteiger partial charge is 0.316 e. The number of rotatable bonds is 3.